The Hall–Kier alpha value is -3.22. The van der Waals surface area contributed by atoms with E-state index >= 15 is 0 Å². The molecule has 1 N–H and O–H groups in total. The first-order valence-corrected chi connectivity index (χ1v) is 9.41. The number of carbonyl (C=O) groups excluding carboxylic acids is 2. The molecule has 1 aliphatic heterocycles. The van der Waals surface area contributed by atoms with Gasteiger partial charge in [0.25, 0.3) is 0 Å². The molecule has 2 amide bonds. The van der Waals surface area contributed by atoms with E-state index in [-0.39, 0.29) is 18.2 Å². The molecule has 0 unspecified atom stereocenters. The molecule has 0 saturated carbocycles. The second kappa shape index (κ2) is 8.86. The first-order valence-electron chi connectivity index (χ1n) is 9.41. The van der Waals surface area contributed by atoms with Crippen molar-refractivity contribution in [3.05, 3.63) is 47.0 Å². The third-order valence-electron chi connectivity index (χ3n) is 5.01. The quantitative estimate of drug-likeness (QED) is 0.757. The Morgan fingerprint density at radius 3 is 2.28 bits per heavy atom. The van der Waals surface area contributed by atoms with E-state index in [1.165, 1.54) is 0 Å². The van der Waals surface area contributed by atoms with Crippen LogP contribution in [0.1, 0.15) is 23.1 Å². The van der Waals surface area contributed by atoms with E-state index in [1.807, 2.05) is 31.2 Å². The SMILES string of the molecule is COc1ccc(C)cc1NC(=O)CC(=O)N1CCc2cc(OC)c(OC)cc2C1. The van der Waals surface area contributed by atoms with Gasteiger partial charge in [0.15, 0.2) is 11.5 Å². The summed E-state index contributed by atoms with van der Waals surface area (Å²) in [5.41, 5.74) is 3.68. The predicted molar refractivity (Wildman–Crippen MR) is 110 cm³/mol. The van der Waals surface area contributed by atoms with Gasteiger partial charge in [-0.1, -0.05) is 6.07 Å². The largest absolute Gasteiger partial charge is 0.495 e. The van der Waals surface area contributed by atoms with E-state index in [2.05, 4.69) is 5.32 Å². The summed E-state index contributed by atoms with van der Waals surface area (Å²) in [6.45, 7) is 2.92. The maximum absolute atomic E-state index is 12.7. The molecule has 7 nitrogen and oxygen atoms in total. The molecule has 154 valence electrons. The van der Waals surface area contributed by atoms with Crippen LogP contribution >= 0.6 is 0 Å². The summed E-state index contributed by atoms with van der Waals surface area (Å²) in [6, 6.07) is 9.35. The maximum Gasteiger partial charge on any atom is 0.233 e. The number of hydrogen-bond donors (Lipinski definition) is 1. The highest BCUT2D eigenvalue weighted by Gasteiger charge is 2.24. The van der Waals surface area contributed by atoms with Crippen LogP contribution < -0.4 is 19.5 Å². The topological polar surface area (TPSA) is 77.1 Å². The van der Waals surface area contributed by atoms with E-state index in [1.54, 1.807) is 32.3 Å². The van der Waals surface area contributed by atoms with Crippen molar-refractivity contribution in [3.8, 4) is 17.2 Å². The number of amides is 2. The zero-order chi connectivity index (χ0) is 21.0. The van der Waals surface area contributed by atoms with E-state index in [9.17, 15) is 9.59 Å². The van der Waals surface area contributed by atoms with Crippen LogP contribution in [0.2, 0.25) is 0 Å². The van der Waals surface area contributed by atoms with E-state index < -0.39 is 0 Å². The molecule has 0 saturated heterocycles. The normalized spacial score (nSPS) is 12.8. The van der Waals surface area contributed by atoms with Gasteiger partial charge in [-0.15, -0.1) is 0 Å². The van der Waals surface area contributed by atoms with Gasteiger partial charge in [-0.2, -0.15) is 0 Å². The average molecular weight is 398 g/mol. The Labute approximate surface area is 170 Å². The predicted octanol–water partition coefficient (Wildman–Crippen LogP) is 2.93. The van der Waals surface area contributed by atoms with Crippen LogP contribution in [0.4, 0.5) is 5.69 Å². The number of methoxy groups -OCH3 is 3. The standard InChI is InChI=1S/C22H26N2O5/c1-14-5-6-18(27-2)17(9-14)23-21(25)12-22(26)24-8-7-15-10-19(28-3)20(29-4)11-16(15)13-24/h5-6,9-11H,7-8,12-13H2,1-4H3,(H,23,25). The van der Waals surface area contributed by atoms with Crippen molar-refractivity contribution in [2.75, 3.05) is 33.2 Å². The summed E-state index contributed by atoms with van der Waals surface area (Å²) in [5.74, 6) is 1.29. The fraction of sp³-hybridized carbons (Fsp3) is 0.364. The van der Waals surface area contributed by atoms with Gasteiger partial charge in [0.05, 0.1) is 27.0 Å². The average Bonchev–Trinajstić information content (AvgIpc) is 2.72. The molecule has 0 bridgehead atoms. The van der Waals surface area contributed by atoms with Gasteiger partial charge < -0.3 is 24.4 Å². The lowest BCUT2D eigenvalue weighted by Gasteiger charge is -2.29. The highest BCUT2D eigenvalue weighted by molar-refractivity contribution is 6.04. The number of benzene rings is 2. The Bertz CT molecular complexity index is 926. The lowest BCUT2D eigenvalue weighted by atomic mass is 9.98. The molecule has 0 aliphatic carbocycles. The Morgan fingerprint density at radius 2 is 1.62 bits per heavy atom. The molecule has 3 rings (SSSR count). The Morgan fingerprint density at radius 1 is 0.966 bits per heavy atom. The molecule has 1 heterocycles. The van der Waals surface area contributed by atoms with Crippen LogP contribution in [0.3, 0.4) is 0 Å². The van der Waals surface area contributed by atoms with Gasteiger partial charge in [0, 0.05) is 13.1 Å². The second-order valence-electron chi connectivity index (χ2n) is 6.97. The van der Waals surface area contributed by atoms with Crippen LogP contribution in [0.25, 0.3) is 0 Å². The molecule has 0 atom stereocenters. The molecule has 2 aromatic rings. The highest BCUT2D eigenvalue weighted by atomic mass is 16.5. The number of hydrogen-bond acceptors (Lipinski definition) is 5. The Balaban J connectivity index is 1.66. The van der Waals surface area contributed by atoms with E-state index in [0.29, 0.717) is 42.4 Å². The molecule has 29 heavy (non-hydrogen) atoms. The first kappa shape index (κ1) is 20.5. The van der Waals surface area contributed by atoms with Crippen LogP contribution in [-0.4, -0.2) is 44.6 Å². The van der Waals surface area contributed by atoms with Crippen molar-refractivity contribution in [1.82, 2.24) is 4.90 Å². The number of anilines is 1. The lowest BCUT2D eigenvalue weighted by molar-refractivity contribution is -0.135. The lowest BCUT2D eigenvalue weighted by Crippen LogP contribution is -2.37. The summed E-state index contributed by atoms with van der Waals surface area (Å²) in [6.07, 6.45) is 0.481. The van der Waals surface area contributed by atoms with E-state index in [0.717, 1.165) is 16.7 Å². The number of rotatable bonds is 6. The fourth-order valence-electron chi connectivity index (χ4n) is 3.46. The van der Waals surface area contributed by atoms with Gasteiger partial charge in [-0.05, 0) is 54.3 Å². The fourth-order valence-corrected chi connectivity index (χ4v) is 3.46. The summed E-state index contributed by atoms with van der Waals surface area (Å²) < 4.78 is 16.0. The van der Waals surface area contributed by atoms with E-state index in [4.69, 9.17) is 14.2 Å². The Kier molecular flexibility index (Phi) is 6.26. The third-order valence-corrected chi connectivity index (χ3v) is 5.01. The summed E-state index contributed by atoms with van der Waals surface area (Å²) in [5, 5.41) is 2.78. The van der Waals surface area contributed by atoms with Crippen LogP contribution in [-0.2, 0) is 22.6 Å². The van der Waals surface area contributed by atoms with Gasteiger partial charge >= 0.3 is 0 Å². The molecule has 2 aromatic carbocycles. The minimum atomic E-state index is -0.364. The number of aryl methyl sites for hydroxylation is 1. The number of nitrogens with one attached hydrogen (secondary N) is 1. The number of carbonyl (C=O) groups is 2. The van der Waals surface area contributed by atoms with Crippen LogP contribution in [0, 0.1) is 6.92 Å². The maximum atomic E-state index is 12.7. The molecule has 0 radical (unpaired) electrons. The van der Waals surface area contributed by atoms with Crippen LogP contribution in [0.5, 0.6) is 17.2 Å². The number of nitrogens with zero attached hydrogens (tertiary/aromatic N) is 1. The zero-order valence-corrected chi connectivity index (χ0v) is 17.2. The molecular formula is C22H26N2O5. The highest BCUT2D eigenvalue weighted by Crippen LogP contribution is 2.33. The smallest absolute Gasteiger partial charge is 0.233 e. The minimum absolute atomic E-state index is 0.213. The van der Waals surface area contributed by atoms with Crippen LogP contribution in [0.15, 0.2) is 30.3 Å². The number of fused-ring (bicyclic) bond motifs is 1. The van der Waals surface area contributed by atoms with Gasteiger partial charge in [0.2, 0.25) is 11.8 Å². The van der Waals surface area contributed by atoms with Crippen molar-refractivity contribution >= 4 is 17.5 Å². The number of ether oxygens (including phenoxy) is 3. The van der Waals surface area contributed by atoms with Crippen molar-refractivity contribution in [2.24, 2.45) is 0 Å². The monoisotopic (exact) mass is 398 g/mol. The van der Waals surface area contributed by atoms with Gasteiger partial charge in [0.1, 0.15) is 12.2 Å². The van der Waals surface area contributed by atoms with Crippen molar-refractivity contribution in [3.63, 3.8) is 0 Å². The molecular weight excluding hydrogens is 372 g/mol. The third kappa shape index (κ3) is 4.62. The first-order chi connectivity index (χ1) is 13.9. The molecule has 1 aliphatic rings. The summed E-state index contributed by atoms with van der Waals surface area (Å²) >= 11 is 0. The summed E-state index contributed by atoms with van der Waals surface area (Å²) in [7, 11) is 4.73. The van der Waals surface area contributed by atoms with Crippen molar-refractivity contribution in [1.29, 1.82) is 0 Å². The molecule has 0 aromatic heterocycles. The van der Waals surface area contributed by atoms with Crippen molar-refractivity contribution in [2.45, 2.75) is 26.3 Å². The van der Waals surface area contributed by atoms with Gasteiger partial charge in [-0.3, -0.25) is 9.59 Å². The molecule has 0 spiro atoms. The van der Waals surface area contributed by atoms with Gasteiger partial charge in [-0.25, -0.2) is 0 Å². The van der Waals surface area contributed by atoms with Crippen molar-refractivity contribution < 1.29 is 23.8 Å². The zero-order valence-electron chi connectivity index (χ0n) is 17.2. The molecule has 0 fully saturated rings. The summed E-state index contributed by atoms with van der Waals surface area (Å²) in [4.78, 5) is 26.8. The molecule has 7 heteroatoms. The second-order valence-corrected chi connectivity index (χ2v) is 6.97. The minimum Gasteiger partial charge on any atom is -0.495 e.